The van der Waals surface area contributed by atoms with Crippen LogP contribution in [0.4, 0.5) is 0 Å². The fourth-order valence-corrected chi connectivity index (χ4v) is 11.5. The zero-order valence-corrected chi connectivity index (χ0v) is 25.9. The lowest BCUT2D eigenvalue weighted by atomic mass is 9.44. The molecule has 0 amide bonds. The Morgan fingerprint density at radius 2 is 1.76 bits per heavy atom. The number of carbonyl (C=O) groups is 1. The molecular weight excluding hydrogens is 510 g/mol. The molecule has 5 heteroatoms. The molecule has 226 valence electrons. The Balaban J connectivity index is 1.00. The second kappa shape index (κ2) is 10.3. The lowest BCUT2D eigenvalue weighted by Crippen LogP contribution is -2.55. The van der Waals surface area contributed by atoms with Crippen LogP contribution in [0.15, 0.2) is 30.3 Å². The molecule has 2 N–H and O–H groups in total. The molecular formula is C36H53NO4. The molecule has 1 spiro atoms. The number of nitrogens with two attached hydrogens (primary N) is 1. The predicted molar refractivity (Wildman–Crippen MR) is 160 cm³/mol. The van der Waals surface area contributed by atoms with Crippen molar-refractivity contribution in [2.75, 3.05) is 6.61 Å². The van der Waals surface area contributed by atoms with Crippen LogP contribution in [-0.4, -0.2) is 36.6 Å². The Kier molecular flexibility index (Phi) is 7.15. The predicted octanol–water partition coefficient (Wildman–Crippen LogP) is 6.91. The summed E-state index contributed by atoms with van der Waals surface area (Å²) in [6.07, 6.45) is 12.9. The molecule has 1 unspecified atom stereocenters. The third kappa shape index (κ3) is 4.54. The van der Waals surface area contributed by atoms with Crippen molar-refractivity contribution in [3.8, 4) is 0 Å². The van der Waals surface area contributed by atoms with E-state index in [2.05, 4.69) is 27.7 Å². The van der Waals surface area contributed by atoms with E-state index in [9.17, 15) is 4.79 Å². The van der Waals surface area contributed by atoms with Crippen molar-refractivity contribution < 1.29 is 19.0 Å². The number of ether oxygens (including phenoxy) is 3. The van der Waals surface area contributed by atoms with Gasteiger partial charge in [0.05, 0.1) is 12.7 Å². The van der Waals surface area contributed by atoms with Gasteiger partial charge in [-0.1, -0.05) is 58.0 Å². The van der Waals surface area contributed by atoms with Gasteiger partial charge in [0, 0.05) is 12.3 Å². The summed E-state index contributed by atoms with van der Waals surface area (Å²) in [6, 6.07) is 9.44. The smallest absolute Gasteiger partial charge is 0.323 e. The molecule has 0 radical (unpaired) electrons. The van der Waals surface area contributed by atoms with E-state index >= 15 is 0 Å². The average Bonchev–Trinajstić information content (AvgIpc) is 3.40. The monoisotopic (exact) mass is 563 g/mol. The highest BCUT2D eigenvalue weighted by Gasteiger charge is 2.69. The van der Waals surface area contributed by atoms with Gasteiger partial charge in [0.2, 0.25) is 0 Å². The number of benzene rings is 1. The molecule has 7 rings (SSSR count). The first kappa shape index (κ1) is 28.3. The molecule has 1 aromatic rings. The van der Waals surface area contributed by atoms with Gasteiger partial charge in [-0.3, -0.25) is 4.79 Å². The molecule has 2 saturated heterocycles. The van der Waals surface area contributed by atoms with E-state index in [1.165, 1.54) is 44.9 Å². The highest BCUT2D eigenvalue weighted by Crippen LogP contribution is 2.71. The number of fused-ring (bicyclic) bond motifs is 7. The van der Waals surface area contributed by atoms with Crippen LogP contribution in [0.3, 0.4) is 0 Å². The van der Waals surface area contributed by atoms with Gasteiger partial charge in [-0.15, -0.1) is 0 Å². The van der Waals surface area contributed by atoms with Gasteiger partial charge in [0.15, 0.2) is 5.79 Å². The molecule has 6 aliphatic rings. The summed E-state index contributed by atoms with van der Waals surface area (Å²) in [4.78, 5) is 12.9. The summed E-state index contributed by atoms with van der Waals surface area (Å²) in [5.41, 5.74) is 8.09. The van der Waals surface area contributed by atoms with E-state index in [0.29, 0.717) is 47.0 Å². The van der Waals surface area contributed by atoms with Crippen LogP contribution in [0.5, 0.6) is 0 Å². The fraction of sp³-hybridized carbons (Fsp3) is 0.806. The van der Waals surface area contributed by atoms with E-state index in [0.717, 1.165) is 49.2 Å². The van der Waals surface area contributed by atoms with Gasteiger partial charge >= 0.3 is 5.97 Å². The molecule has 1 aromatic carbocycles. The molecule has 5 nitrogen and oxygen atoms in total. The highest BCUT2D eigenvalue weighted by atomic mass is 16.7. The Bertz CT molecular complexity index is 1120. The highest BCUT2D eigenvalue weighted by molar-refractivity contribution is 5.76. The van der Waals surface area contributed by atoms with Crippen LogP contribution in [0.1, 0.15) is 97.5 Å². The maximum atomic E-state index is 12.9. The van der Waals surface area contributed by atoms with Crippen molar-refractivity contribution in [1.29, 1.82) is 0 Å². The molecule has 4 saturated carbocycles. The normalized spacial score (nSPS) is 49.4. The van der Waals surface area contributed by atoms with Crippen molar-refractivity contribution in [1.82, 2.24) is 0 Å². The van der Waals surface area contributed by atoms with Gasteiger partial charge in [0.1, 0.15) is 12.1 Å². The van der Waals surface area contributed by atoms with Crippen LogP contribution >= 0.6 is 0 Å². The third-order valence-corrected chi connectivity index (χ3v) is 13.8. The largest absolute Gasteiger partial charge is 0.461 e. The molecule has 4 aliphatic carbocycles. The average molecular weight is 564 g/mol. The first-order chi connectivity index (χ1) is 19.6. The number of hydrogen-bond donors (Lipinski definition) is 1. The molecule has 6 fully saturated rings. The second-order valence-electron chi connectivity index (χ2n) is 15.8. The zero-order valence-electron chi connectivity index (χ0n) is 25.9. The molecule has 13 atom stereocenters. The van der Waals surface area contributed by atoms with E-state index in [1.54, 1.807) is 0 Å². The second-order valence-corrected chi connectivity index (χ2v) is 15.8. The van der Waals surface area contributed by atoms with Crippen molar-refractivity contribution in [2.24, 2.45) is 58.0 Å². The molecule has 2 heterocycles. The summed E-state index contributed by atoms with van der Waals surface area (Å²) in [5, 5.41) is 0. The number of hydrogen-bond acceptors (Lipinski definition) is 5. The maximum Gasteiger partial charge on any atom is 0.323 e. The van der Waals surface area contributed by atoms with Gasteiger partial charge < -0.3 is 19.9 Å². The van der Waals surface area contributed by atoms with Crippen LogP contribution in [0.25, 0.3) is 0 Å². The Morgan fingerprint density at radius 1 is 0.976 bits per heavy atom. The lowest BCUT2D eigenvalue weighted by molar-refractivity contribution is -0.273. The van der Waals surface area contributed by atoms with Crippen molar-refractivity contribution >= 4 is 5.97 Å². The third-order valence-electron chi connectivity index (χ3n) is 13.8. The Hall–Kier alpha value is -1.43. The minimum absolute atomic E-state index is 0.0160. The summed E-state index contributed by atoms with van der Waals surface area (Å²) < 4.78 is 19.6. The van der Waals surface area contributed by atoms with Crippen LogP contribution in [0.2, 0.25) is 0 Å². The van der Waals surface area contributed by atoms with Gasteiger partial charge in [-0.2, -0.15) is 0 Å². The SMILES string of the molecule is C[C@H]1CC[C@@]2(OC1)O[C@H]1C[C@H]3[C@@H]4CC[C@@H]5C[C@@H](OC(=O)C(N)Cc6ccccc6)CC[C@]5(C)[C@H]4CC[C@]3(C)[C@H]1[C@@H]2C. The van der Waals surface area contributed by atoms with Gasteiger partial charge in [-0.25, -0.2) is 0 Å². The van der Waals surface area contributed by atoms with Crippen molar-refractivity contribution in [3.05, 3.63) is 35.9 Å². The van der Waals surface area contributed by atoms with Crippen molar-refractivity contribution in [3.63, 3.8) is 0 Å². The summed E-state index contributed by atoms with van der Waals surface area (Å²) in [6.45, 7) is 10.8. The number of carbonyl (C=O) groups excluding carboxylic acids is 1. The molecule has 0 aromatic heterocycles. The first-order valence-electron chi connectivity index (χ1n) is 16.9. The molecule has 2 aliphatic heterocycles. The zero-order chi connectivity index (χ0) is 28.6. The standard InChI is InChI=1S/C36H53NO4/c1-22-12-17-36(39-21-22)23(2)32-31(41-36)20-29-27-11-10-25-19-26(13-15-34(25,3)28(27)14-16-35(29,32)4)40-33(38)30(37)18-24-8-6-5-7-9-24/h5-9,22-23,25-32H,10-21,37H2,1-4H3/t22-,23-,25+,26-,27+,28-,29-,30?,31-,32-,34-,35-,36+/m0/s1. The topological polar surface area (TPSA) is 70.8 Å². The Labute approximate surface area is 247 Å². The van der Waals surface area contributed by atoms with Crippen LogP contribution in [0, 0.1) is 52.3 Å². The van der Waals surface area contributed by atoms with Crippen molar-refractivity contribution in [2.45, 2.75) is 122 Å². The van der Waals surface area contributed by atoms with E-state index in [-0.39, 0.29) is 17.9 Å². The summed E-state index contributed by atoms with van der Waals surface area (Å²) in [7, 11) is 0. The quantitative estimate of drug-likeness (QED) is 0.403. The van der Waals surface area contributed by atoms with E-state index in [4.69, 9.17) is 19.9 Å². The molecule has 41 heavy (non-hydrogen) atoms. The maximum absolute atomic E-state index is 12.9. The van der Waals surface area contributed by atoms with Gasteiger partial charge in [0.25, 0.3) is 0 Å². The minimum Gasteiger partial charge on any atom is -0.461 e. The Morgan fingerprint density at radius 3 is 2.51 bits per heavy atom. The van der Waals surface area contributed by atoms with Crippen LogP contribution < -0.4 is 5.73 Å². The van der Waals surface area contributed by atoms with Gasteiger partial charge in [-0.05, 0) is 116 Å². The van der Waals surface area contributed by atoms with Crippen LogP contribution in [-0.2, 0) is 25.4 Å². The summed E-state index contributed by atoms with van der Waals surface area (Å²) >= 11 is 0. The minimum atomic E-state index is -0.592. The number of esters is 1. The lowest BCUT2D eigenvalue weighted by Gasteiger charge is -2.61. The molecule has 0 bridgehead atoms. The fourth-order valence-electron chi connectivity index (χ4n) is 11.5. The van der Waals surface area contributed by atoms with E-state index in [1.807, 2.05) is 30.3 Å². The first-order valence-corrected chi connectivity index (χ1v) is 16.9. The number of rotatable bonds is 4. The summed E-state index contributed by atoms with van der Waals surface area (Å²) in [5.74, 6) is 4.20. The van der Waals surface area contributed by atoms with E-state index < -0.39 is 6.04 Å².